The fourth-order valence-corrected chi connectivity index (χ4v) is 4.91. The zero-order chi connectivity index (χ0) is 29.1. The topological polar surface area (TPSA) is 86.6 Å². The number of aromatic nitrogens is 2. The molecule has 0 aliphatic carbocycles. The molecule has 2 amide bonds. The Hall–Kier alpha value is -3.23. The van der Waals surface area contributed by atoms with Gasteiger partial charge in [-0.15, -0.1) is 0 Å². The number of ether oxygens (including phenoxy) is 3. The number of rotatable bonds is 10. The summed E-state index contributed by atoms with van der Waals surface area (Å²) in [5, 5.41) is 4.42. The van der Waals surface area contributed by atoms with Crippen molar-refractivity contribution in [3.05, 3.63) is 47.8 Å². The molecule has 8 nitrogen and oxygen atoms in total. The molecule has 3 heterocycles. The summed E-state index contributed by atoms with van der Waals surface area (Å²) in [6, 6.07) is 2.84. The number of fused-ring (bicyclic) bond motifs is 1. The van der Waals surface area contributed by atoms with Crippen LogP contribution in [0.3, 0.4) is 0 Å². The maximum absolute atomic E-state index is 14.9. The molecule has 1 unspecified atom stereocenters. The van der Waals surface area contributed by atoms with Gasteiger partial charge in [0.05, 0.1) is 17.1 Å². The Kier molecular flexibility index (Phi) is 9.00. The molecule has 2 aromatic heterocycles. The Labute approximate surface area is 228 Å². The van der Waals surface area contributed by atoms with Crippen LogP contribution in [0, 0.1) is 11.6 Å². The molecule has 14 heteroatoms. The molecule has 0 spiro atoms. The van der Waals surface area contributed by atoms with Gasteiger partial charge in [-0.2, -0.15) is 13.2 Å². The zero-order valence-electron chi connectivity index (χ0n) is 22.3. The Morgan fingerprint density at radius 2 is 1.95 bits per heavy atom. The monoisotopic (exact) mass is 586 g/mol. The number of hydrogen-bond acceptors (Lipinski definition) is 5. The predicted octanol–water partition coefficient (Wildman–Crippen LogP) is 6.74. The molecule has 1 fully saturated rings. The number of alkyl halides is 3. The van der Waals surface area contributed by atoms with Crippen molar-refractivity contribution in [3.8, 4) is 11.5 Å². The number of amides is 2. The minimum absolute atomic E-state index is 0.111. The highest BCUT2D eigenvalue weighted by Crippen LogP contribution is 2.42. The second kappa shape index (κ2) is 12.1. The van der Waals surface area contributed by atoms with Crippen LogP contribution in [0.25, 0.3) is 11.0 Å². The van der Waals surface area contributed by atoms with Crippen molar-refractivity contribution < 1.29 is 41.0 Å². The average molecular weight is 587 g/mol. The van der Waals surface area contributed by atoms with Crippen molar-refractivity contribution in [2.24, 2.45) is 0 Å². The number of pyridine rings is 1. The fraction of sp³-hybridized carbons (Fsp3) is 0.462. The lowest BCUT2D eigenvalue weighted by Crippen LogP contribution is -2.35. The van der Waals surface area contributed by atoms with Gasteiger partial charge in [-0.25, -0.2) is 18.6 Å². The first-order valence-electron chi connectivity index (χ1n) is 12.8. The molecule has 2 N–H and O–H groups in total. The van der Waals surface area contributed by atoms with Crippen LogP contribution in [-0.4, -0.2) is 49.5 Å². The van der Waals surface area contributed by atoms with E-state index in [1.54, 1.807) is 0 Å². The van der Waals surface area contributed by atoms with E-state index in [1.165, 1.54) is 10.8 Å². The third-order valence-electron chi connectivity index (χ3n) is 6.23. The summed E-state index contributed by atoms with van der Waals surface area (Å²) in [5.74, 6) is -3.81. The molecule has 0 bridgehead atoms. The molecule has 1 aromatic carbocycles. The van der Waals surface area contributed by atoms with Crippen LogP contribution in [0.5, 0.6) is 11.5 Å². The summed E-state index contributed by atoms with van der Waals surface area (Å²) in [5.41, 5.74) is -1.40. The molecule has 218 valence electrons. The lowest BCUT2D eigenvalue weighted by atomic mass is 10.2. The molecule has 3 aromatic rings. The summed E-state index contributed by atoms with van der Waals surface area (Å²) in [4.78, 5) is 16.2. The molecule has 1 aliphatic heterocycles. The van der Waals surface area contributed by atoms with E-state index in [9.17, 15) is 26.7 Å². The third kappa shape index (κ3) is 7.49. The van der Waals surface area contributed by atoms with Crippen molar-refractivity contribution in [1.29, 1.82) is 0 Å². The van der Waals surface area contributed by atoms with Crippen LogP contribution in [0.15, 0.2) is 30.6 Å². The molecule has 40 heavy (non-hydrogen) atoms. The molecule has 1 atom stereocenters. The fourth-order valence-electron chi connectivity index (χ4n) is 4.15. The second-order valence-electron chi connectivity index (χ2n) is 10.7. The van der Waals surface area contributed by atoms with Crippen molar-refractivity contribution in [2.45, 2.75) is 57.5 Å². The van der Waals surface area contributed by atoms with Gasteiger partial charge < -0.3 is 29.4 Å². The van der Waals surface area contributed by atoms with Gasteiger partial charge in [-0.05, 0) is 25.0 Å². The van der Waals surface area contributed by atoms with E-state index in [0.717, 1.165) is 43.3 Å². The zero-order valence-corrected chi connectivity index (χ0v) is 23.3. The summed E-state index contributed by atoms with van der Waals surface area (Å²) < 4.78 is 89.2. The second-order valence-corrected chi connectivity index (χ2v) is 16.3. The minimum atomic E-state index is -4.80. The molecular weight excluding hydrogens is 555 g/mol. The molecular formula is C26H31F5N4O4Si. The maximum Gasteiger partial charge on any atom is 0.418 e. The Balaban J connectivity index is 1.54. The number of hydrogen-bond donors (Lipinski definition) is 2. The molecule has 4 rings (SSSR count). The Bertz CT molecular complexity index is 1330. The summed E-state index contributed by atoms with van der Waals surface area (Å²) in [6.45, 7) is 7.48. The standard InChI is InChI=1S/C26H31F5N4O4Si/c1-40(2,3)10-9-37-15-35-14-18(26(29,30)31)22-21(6-7-32-24(22)35)39-23-19(27)11-16(12-20(23)28)34-25(36)33-13-17-5-4-8-38-17/h6-7,11-12,14,17H,4-5,8-10,13,15H2,1-3H3,(H2,33,34,36). The van der Waals surface area contributed by atoms with Crippen LogP contribution < -0.4 is 15.4 Å². The lowest BCUT2D eigenvalue weighted by Gasteiger charge is -2.15. The van der Waals surface area contributed by atoms with Crippen molar-refractivity contribution in [1.82, 2.24) is 14.9 Å². The highest BCUT2D eigenvalue weighted by molar-refractivity contribution is 6.76. The van der Waals surface area contributed by atoms with Crippen molar-refractivity contribution in [3.63, 3.8) is 0 Å². The number of carbonyl (C=O) groups is 1. The number of anilines is 1. The van der Waals surface area contributed by atoms with Gasteiger partial charge in [0.25, 0.3) is 0 Å². The van der Waals surface area contributed by atoms with Gasteiger partial charge in [0.1, 0.15) is 18.1 Å². The van der Waals surface area contributed by atoms with Gasteiger partial charge in [-0.1, -0.05) is 19.6 Å². The maximum atomic E-state index is 14.9. The molecule has 0 saturated carbocycles. The largest absolute Gasteiger partial charge is 0.450 e. The van der Waals surface area contributed by atoms with E-state index >= 15 is 0 Å². The van der Waals surface area contributed by atoms with Crippen molar-refractivity contribution >= 4 is 30.8 Å². The third-order valence-corrected chi connectivity index (χ3v) is 7.94. The van der Waals surface area contributed by atoms with Crippen LogP contribution in [0.4, 0.5) is 32.4 Å². The van der Waals surface area contributed by atoms with E-state index in [4.69, 9.17) is 14.2 Å². The highest BCUT2D eigenvalue weighted by Gasteiger charge is 2.37. The first kappa shape index (κ1) is 29.7. The normalized spacial score (nSPS) is 15.9. The average Bonchev–Trinajstić information content (AvgIpc) is 3.51. The number of benzene rings is 1. The molecule has 1 saturated heterocycles. The lowest BCUT2D eigenvalue weighted by molar-refractivity contribution is -0.136. The first-order valence-corrected chi connectivity index (χ1v) is 16.5. The minimum Gasteiger partial charge on any atom is -0.450 e. The number of nitrogens with one attached hydrogen (secondary N) is 2. The molecule has 1 aliphatic rings. The number of carbonyl (C=O) groups excluding carboxylic acids is 1. The quantitative estimate of drug-likeness (QED) is 0.156. The van der Waals surface area contributed by atoms with Gasteiger partial charge in [0.15, 0.2) is 17.4 Å². The Morgan fingerprint density at radius 3 is 2.58 bits per heavy atom. The van der Waals surface area contributed by atoms with Crippen LogP contribution >= 0.6 is 0 Å². The van der Waals surface area contributed by atoms with Crippen LogP contribution in [0.1, 0.15) is 18.4 Å². The molecule has 0 radical (unpaired) electrons. The van der Waals surface area contributed by atoms with E-state index in [-0.39, 0.29) is 30.7 Å². The van der Waals surface area contributed by atoms with Gasteiger partial charge in [0.2, 0.25) is 0 Å². The van der Waals surface area contributed by atoms with Crippen LogP contribution in [-0.2, 0) is 22.4 Å². The van der Waals surface area contributed by atoms with E-state index < -0.39 is 54.4 Å². The van der Waals surface area contributed by atoms with E-state index in [2.05, 4.69) is 35.3 Å². The summed E-state index contributed by atoms with van der Waals surface area (Å²) in [6.07, 6.45) is -1.22. The van der Waals surface area contributed by atoms with Crippen molar-refractivity contribution in [2.75, 3.05) is 25.1 Å². The van der Waals surface area contributed by atoms with E-state index in [1.807, 2.05) is 0 Å². The Morgan fingerprint density at radius 1 is 1.23 bits per heavy atom. The number of halogens is 5. The first-order chi connectivity index (χ1) is 18.8. The van der Waals surface area contributed by atoms with Gasteiger partial charge >= 0.3 is 12.2 Å². The predicted molar refractivity (Wildman–Crippen MR) is 141 cm³/mol. The number of urea groups is 1. The smallest absolute Gasteiger partial charge is 0.418 e. The highest BCUT2D eigenvalue weighted by atomic mass is 28.3. The summed E-state index contributed by atoms with van der Waals surface area (Å²) >= 11 is 0. The van der Waals surface area contributed by atoms with Gasteiger partial charge in [-0.3, -0.25) is 0 Å². The van der Waals surface area contributed by atoms with Crippen LogP contribution in [0.2, 0.25) is 25.7 Å². The number of nitrogens with zero attached hydrogens (tertiary/aromatic N) is 2. The van der Waals surface area contributed by atoms with E-state index in [0.29, 0.717) is 13.2 Å². The SMILES string of the molecule is C[Si](C)(C)CCOCn1cc(C(F)(F)F)c2c(Oc3c(F)cc(NC(=O)NCC4CCCO4)cc3F)ccnc21. The van der Waals surface area contributed by atoms with Gasteiger partial charge in [0, 0.05) is 58.0 Å². The summed E-state index contributed by atoms with van der Waals surface area (Å²) in [7, 11) is -1.41.